The molecule has 0 aliphatic carbocycles. The van der Waals surface area contributed by atoms with Gasteiger partial charge >= 0.3 is 0 Å². The van der Waals surface area contributed by atoms with Gasteiger partial charge in [-0.05, 0) is 25.0 Å². The molecule has 0 aliphatic rings. The zero-order valence-corrected chi connectivity index (χ0v) is 14.8. The van der Waals surface area contributed by atoms with Crippen LogP contribution in [0, 0.1) is 23.0 Å². The number of non-ortho nitro benzene ring substituents is 1. The Hall–Kier alpha value is -3.23. The van der Waals surface area contributed by atoms with Crippen LogP contribution in [0.25, 0.3) is 0 Å². The fourth-order valence-electron chi connectivity index (χ4n) is 2.35. The van der Waals surface area contributed by atoms with Crippen molar-refractivity contribution < 1.29 is 19.0 Å². The Morgan fingerprint density at radius 2 is 1.96 bits per heavy atom. The SMILES string of the molecule is Cc1cc(NC(=O)CN(CC(C)C)C(=O)c2ccc([N+](=O)[O-])cc2)no1. The molecular formula is C17H20N4O5. The summed E-state index contributed by atoms with van der Waals surface area (Å²) in [5.74, 6) is 0.189. The zero-order chi connectivity index (χ0) is 19.3. The van der Waals surface area contributed by atoms with Crippen LogP contribution in [0.5, 0.6) is 0 Å². The second-order valence-electron chi connectivity index (χ2n) is 6.25. The molecule has 9 heteroatoms. The number of amides is 2. The number of nitro groups is 1. The summed E-state index contributed by atoms with van der Waals surface area (Å²) in [6, 6.07) is 6.86. The lowest BCUT2D eigenvalue weighted by molar-refractivity contribution is -0.384. The number of hydrogen-bond acceptors (Lipinski definition) is 6. The molecule has 26 heavy (non-hydrogen) atoms. The van der Waals surface area contributed by atoms with Gasteiger partial charge in [0.25, 0.3) is 11.6 Å². The predicted octanol–water partition coefficient (Wildman–Crippen LogP) is 2.63. The lowest BCUT2D eigenvalue weighted by Crippen LogP contribution is -2.40. The number of aromatic nitrogens is 1. The molecule has 0 radical (unpaired) electrons. The van der Waals surface area contributed by atoms with Crippen molar-refractivity contribution in [1.82, 2.24) is 10.1 Å². The van der Waals surface area contributed by atoms with Crippen molar-refractivity contribution >= 4 is 23.3 Å². The Morgan fingerprint density at radius 3 is 2.46 bits per heavy atom. The molecule has 0 fully saturated rings. The van der Waals surface area contributed by atoms with Gasteiger partial charge in [0.05, 0.1) is 4.92 Å². The maximum Gasteiger partial charge on any atom is 0.269 e. The Labute approximate surface area is 150 Å². The number of nitrogens with one attached hydrogen (secondary N) is 1. The fraction of sp³-hybridized carbons (Fsp3) is 0.353. The van der Waals surface area contributed by atoms with Gasteiger partial charge < -0.3 is 14.7 Å². The third-order valence-electron chi connectivity index (χ3n) is 3.43. The van der Waals surface area contributed by atoms with E-state index in [0.29, 0.717) is 12.3 Å². The first-order valence-corrected chi connectivity index (χ1v) is 8.03. The van der Waals surface area contributed by atoms with E-state index in [1.807, 2.05) is 13.8 Å². The van der Waals surface area contributed by atoms with Crippen molar-refractivity contribution in [3.63, 3.8) is 0 Å². The molecule has 1 aromatic heterocycles. The minimum atomic E-state index is -0.534. The first kappa shape index (κ1) is 19.1. The van der Waals surface area contributed by atoms with Crippen LogP contribution in [-0.2, 0) is 4.79 Å². The van der Waals surface area contributed by atoms with Crippen molar-refractivity contribution in [3.05, 3.63) is 51.8 Å². The molecule has 0 saturated heterocycles. The summed E-state index contributed by atoms with van der Waals surface area (Å²) in [5, 5.41) is 17.0. The summed E-state index contributed by atoms with van der Waals surface area (Å²) in [4.78, 5) is 36.5. The third kappa shape index (κ3) is 5.13. The molecule has 2 aromatic rings. The van der Waals surface area contributed by atoms with Gasteiger partial charge in [-0.1, -0.05) is 19.0 Å². The first-order valence-electron chi connectivity index (χ1n) is 8.03. The Morgan fingerprint density at radius 1 is 1.31 bits per heavy atom. The summed E-state index contributed by atoms with van der Waals surface area (Å²) in [7, 11) is 0. The van der Waals surface area contributed by atoms with Gasteiger partial charge in [0, 0.05) is 30.3 Å². The average Bonchev–Trinajstić information content (AvgIpc) is 2.98. The average molecular weight is 360 g/mol. The van der Waals surface area contributed by atoms with Gasteiger partial charge in [0.2, 0.25) is 5.91 Å². The molecule has 1 heterocycles. The van der Waals surface area contributed by atoms with Gasteiger partial charge in [-0.2, -0.15) is 0 Å². The van der Waals surface area contributed by atoms with Crippen molar-refractivity contribution in [2.75, 3.05) is 18.4 Å². The molecule has 2 rings (SSSR count). The minimum absolute atomic E-state index is 0.101. The molecule has 0 aliphatic heterocycles. The second-order valence-corrected chi connectivity index (χ2v) is 6.25. The maximum absolute atomic E-state index is 12.7. The quantitative estimate of drug-likeness (QED) is 0.599. The van der Waals surface area contributed by atoms with Crippen LogP contribution in [0.15, 0.2) is 34.9 Å². The molecule has 138 valence electrons. The zero-order valence-electron chi connectivity index (χ0n) is 14.8. The fourth-order valence-corrected chi connectivity index (χ4v) is 2.35. The van der Waals surface area contributed by atoms with E-state index in [9.17, 15) is 19.7 Å². The number of carbonyl (C=O) groups excluding carboxylic acids is 2. The Bertz CT molecular complexity index is 798. The van der Waals surface area contributed by atoms with Gasteiger partial charge in [0.1, 0.15) is 12.3 Å². The van der Waals surface area contributed by atoms with Gasteiger partial charge in [-0.3, -0.25) is 19.7 Å². The van der Waals surface area contributed by atoms with E-state index in [2.05, 4.69) is 10.5 Å². The highest BCUT2D eigenvalue weighted by Crippen LogP contribution is 2.15. The number of anilines is 1. The maximum atomic E-state index is 12.7. The molecule has 0 saturated carbocycles. The van der Waals surface area contributed by atoms with E-state index >= 15 is 0 Å². The number of nitro benzene ring substituents is 1. The van der Waals surface area contributed by atoms with Crippen molar-refractivity contribution in [2.45, 2.75) is 20.8 Å². The standard InChI is InChI=1S/C17H20N4O5/c1-11(2)9-20(10-16(22)18-15-8-12(3)26-19-15)17(23)13-4-6-14(7-5-13)21(24)25/h4-8,11H,9-10H2,1-3H3,(H,18,19,22). The lowest BCUT2D eigenvalue weighted by atomic mass is 10.1. The monoisotopic (exact) mass is 360 g/mol. The minimum Gasteiger partial charge on any atom is -0.360 e. The predicted molar refractivity (Wildman–Crippen MR) is 93.7 cm³/mol. The van der Waals surface area contributed by atoms with E-state index in [1.165, 1.54) is 29.2 Å². The van der Waals surface area contributed by atoms with E-state index in [4.69, 9.17) is 4.52 Å². The Balaban J connectivity index is 2.10. The van der Waals surface area contributed by atoms with Crippen LogP contribution in [0.1, 0.15) is 30.0 Å². The van der Waals surface area contributed by atoms with Gasteiger partial charge in [0.15, 0.2) is 5.82 Å². The van der Waals surface area contributed by atoms with Crippen LogP contribution in [-0.4, -0.2) is 39.9 Å². The van der Waals surface area contributed by atoms with Crippen molar-refractivity contribution in [3.8, 4) is 0 Å². The number of hydrogen-bond donors (Lipinski definition) is 1. The summed E-state index contributed by atoms with van der Waals surface area (Å²) < 4.78 is 4.88. The molecule has 2 amide bonds. The van der Waals surface area contributed by atoms with Gasteiger partial charge in [-0.25, -0.2) is 0 Å². The summed E-state index contributed by atoms with van der Waals surface area (Å²) in [6.07, 6.45) is 0. The Kier molecular flexibility index (Phi) is 6.05. The number of nitrogens with zero attached hydrogens (tertiary/aromatic N) is 3. The number of rotatable bonds is 7. The van der Waals surface area contributed by atoms with E-state index in [1.54, 1.807) is 13.0 Å². The summed E-state index contributed by atoms with van der Waals surface area (Å²) >= 11 is 0. The molecule has 0 bridgehead atoms. The first-order chi connectivity index (χ1) is 12.3. The highest BCUT2D eigenvalue weighted by molar-refractivity contribution is 5.99. The highest BCUT2D eigenvalue weighted by atomic mass is 16.6. The summed E-state index contributed by atoms with van der Waals surface area (Å²) in [5.41, 5.74) is 0.178. The van der Waals surface area contributed by atoms with Crippen LogP contribution in [0.2, 0.25) is 0 Å². The van der Waals surface area contributed by atoms with Crippen molar-refractivity contribution in [2.24, 2.45) is 5.92 Å². The van der Waals surface area contributed by atoms with E-state index in [-0.39, 0.29) is 35.4 Å². The molecule has 9 nitrogen and oxygen atoms in total. The van der Waals surface area contributed by atoms with Crippen molar-refractivity contribution in [1.29, 1.82) is 0 Å². The molecule has 0 spiro atoms. The number of benzene rings is 1. The van der Waals surface area contributed by atoms with Crippen LogP contribution < -0.4 is 5.32 Å². The smallest absolute Gasteiger partial charge is 0.269 e. The van der Waals surface area contributed by atoms with Crippen LogP contribution in [0.3, 0.4) is 0 Å². The number of carbonyl (C=O) groups is 2. The lowest BCUT2D eigenvalue weighted by Gasteiger charge is -2.24. The molecular weight excluding hydrogens is 340 g/mol. The molecule has 1 N–H and O–H groups in total. The largest absolute Gasteiger partial charge is 0.360 e. The van der Waals surface area contributed by atoms with E-state index in [0.717, 1.165) is 0 Å². The van der Waals surface area contributed by atoms with Crippen LogP contribution >= 0.6 is 0 Å². The highest BCUT2D eigenvalue weighted by Gasteiger charge is 2.21. The summed E-state index contributed by atoms with van der Waals surface area (Å²) in [6.45, 7) is 5.75. The molecule has 0 atom stereocenters. The topological polar surface area (TPSA) is 119 Å². The molecule has 1 aromatic carbocycles. The number of aryl methyl sites for hydroxylation is 1. The normalized spacial score (nSPS) is 10.6. The van der Waals surface area contributed by atoms with E-state index < -0.39 is 10.8 Å². The third-order valence-corrected chi connectivity index (χ3v) is 3.43. The van der Waals surface area contributed by atoms with Gasteiger partial charge in [-0.15, -0.1) is 0 Å². The van der Waals surface area contributed by atoms with Crippen LogP contribution in [0.4, 0.5) is 11.5 Å². The molecule has 0 unspecified atom stereocenters. The second kappa shape index (κ2) is 8.24.